The maximum absolute atomic E-state index is 12.4. The summed E-state index contributed by atoms with van der Waals surface area (Å²) in [6.07, 6.45) is 0. The third kappa shape index (κ3) is 4.49. The number of hydrogen-bond donors (Lipinski definition) is 2. The molecule has 0 aromatic heterocycles. The minimum absolute atomic E-state index is 0.299. The molecular formula is C14H23N3O3S. The van der Waals surface area contributed by atoms with E-state index < -0.39 is 10.0 Å². The molecule has 6 nitrogen and oxygen atoms in total. The van der Waals surface area contributed by atoms with Crippen molar-refractivity contribution in [3.63, 3.8) is 0 Å². The van der Waals surface area contributed by atoms with Crippen LogP contribution in [0.25, 0.3) is 0 Å². The van der Waals surface area contributed by atoms with Crippen LogP contribution in [0.15, 0.2) is 23.1 Å². The molecule has 1 aliphatic heterocycles. The Kier molecular flexibility index (Phi) is 5.72. The van der Waals surface area contributed by atoms with Crippen molar-refractivity contribution < 1.29 is 13.2 Å². The first-order chi connectivity index (χ1) is 10.0. The van der Waals surface area contributed by atoms with Gasteiger partial charge < -0.3 is 10.1 Å². The second-order valence-corrected chi connectivity index (χ2v) is 6.72. The van der Waals surface area contributed by atoms with Crippen molar-refractivity contribution in [2.24, 2.45) is 0 Å². The smallest absolute Gasteiger partial charge is 0.253 e. The van der Waals surface area contributed by atoms with Crippen LogP contribution in [0.2, 0.25) is 0 Å². The van der Waals surface area contributed by atoms with E-state index in [0.717, 1.165) is 17.7 Å². The SMILES string of the molecule is CCNCc1cc(S(=O)(=O)NN2CCOCC2)ccc1C. The Morgan fingerprint density at radius 3 is 2.67 bits per heavy atom. The van der Waals surface area contributed by atoms with E-state index in [4.69, 9.17) is 4.74 Å². The van der Waals surface area contributed by atoms with Gasteiger partial charge in [-0.25, -0.2) is 13.4 Å². The van der Waals surface area contributed by atoms with Gasteiger partial charge >= 0.3 is 0 Å². The highest BCUT2D eigenvalue weighted by Crippen LogP contribution is 2.16. The predicted molar refractivity (Wildman–Crippen MR) is 81.3 cm³/mol. The Balaban J connectivity index is 2.14. The molecule has 0 unspecified atom stereocenters. The van der Waals surface area contributed by atoms with Gasteiger partial charge in [-0.3, -0.25) is 0 Å². The minimum atomic E-state index is -3.53. The fourth-order valence-corrected chi connectivity index (χ4v) is 3.31. The lowest BCUT2D eigenvalue weighted by molar-refractivity contribution is 0.0272. The molecule has 0 amide bonds. The van der Waals surface area contributed by atoms with Gasteiger partial charge in [0.1, 0.15) is 0 Å². The van der Waals surface area contributed by atoms with Crippen LogP contribution in [0, 0.1) is 6.92 Å². The molecule has 0 atom stereocenters. The third-order valence-corrected chi connectivity index (χ3v) is 4.83. The van der Waals surface area contributed by atoms with E-state index in [2.05, 4.69) is 10.1 Å². The summed E-state index contributed by atoms with van der Waals surface area (Å²) in [5.74, 6) is 0. The summed E-state index contributed by atoms with van der Waals surface area (Å²) >= 11 is 0. The molecular weight excluding hydrogens is 290 g/mol. The van der Waals surface area contributed by atoms with Crippen molar-refractivity contribution in [2.45, 2.75) is 25.3 Å². The zero-order valence-corrected chi connectivity index (χ0v) is 13.4. The molecule has 0 bridgehead atoms. The Morgan fingerprint density at radius 2 is 2.00 bits per heavy atom. The molecule has 2 N–H and O–H groups in total. The van der Waals surface area contributed by atoms with Gasteiger partial charge in [-0.05, 0) is 36.7 Å². The Bertz CT molecular complexity index is 569. The second kappa shape index (κ2) is 7.33. The first kappa shape index (κ1) is 16.4. The Morgan fingerprint density at radius 1 is 1.29 bits per heavy atom. The lowest BCUT2D eigenvalue weighted by Gasteiger charge is -2.26. The lowest BCUT2D eigenvalue weighted by atomic mass is 10.1. The zero-order chi connectivity index (χ0) is 15.3. The van der Waals surface area contributed by atoms with Gasteiger partial charge in [0, 0.05) is 19.6 Å². The van der Waals surface area contributed by atoms with Crippen LogP contribution >= 0.6 is 0 Å². The normalized spacial score (nSPS) is 17.0. The van der Waals surface area contributed by atoms with Gasteiger partial charge in [-0.2, -0.15) is 0 Å². The number of nitrogens with zero attached hydrogens (tertiary/aromatic N) is 1. The highest BCUT2D eigenvalue weighted by molar-refractivity contribution is 7.89. The van der Waals surface area contributed by atoms with Crippen molar-refractivity contribution in [3.05, 3.63) is 29.3 Å². The Hall–Kier alpha value is -0.990. The number of hydrazine groups is 1. The van der Waals surface area contributed by atoms with Gasteiger partial charge in [0.15, 0.2) is 0 Å². The highest BCUT2D eigenvalue weighted by Gasteiger charge is 2.20. The fourth-order valence-electron chi connectivity index (χ4n) is 2.14. The molecule has 1 heterocycles. The van der Waals surface area contributed by atoms with Crippen molar-refractivity contribution in [3.8, 4) is 0 Å². The van der Waals surface area contributed by atoms with Crippen LogP contribution in [-0.2, 0) is 21.3 Å². The van der Waals surface area contributed by atoms with E-state index >= 15 is 0 Å². The first-order valence-corrected chi connectivity index (χ1v) is 8.66. The van der Waals surface area contributed by atoms with Crippen molar-refractivity contribution in [1.82, 2.24) is 15.2 Å². The Labute approximate surface area is 126 Å². The van der Waals surface area contributed by atoms with E-state index in [1.165, 1.54) is 0 Å². The number of morpholine rings is 1. The molecule has 118 valence electrons. The van der Waals surface area contributed by atoms with Crippen molar-refractivity contribution in [2.75, 3.05) is 32.8 Å². The van der Waals surface area contributed by atoms with E-state index in [-0.39, 0.29) is 0 Å². The maximum atomic E-state index is 12.4. The van der Waals surface area contributed by atoms with Crippen molar-refractivity contribution in [1.29, 1.82) is 0 Å². The average molecular weight is 313 g/mol. The number of sulfonamides is 1. The molecule has 2 rings (SSSR count). The quantitative estimate of drug-likeness (QED) is 0.806. The number of hydrogen-bond acceptors (Lipinski definition) is 5. The minimum Gasteiger partial charge on any atom is -0.379 e. The number of rotatable bonds is 6. The van der Waals surface area contributed by atoms with Gasteiger partial charge in [0.25, 0.3) is 10.0 Å². The summed E-state index contributed by atoms with van der Waals surface area (Å²) in [5, 5.41) is 4.91. The van der Waals surface area contributed by atoms with E-state index in [1.54, 1.807) is 17.1 Å². The van der Waals surface area contributed by atoms with Gasteiger partial charge in [0.2, 0.25) is 0 Å². The number of nitrogens with one attached hydrogen (secondary N) is 2. The summed E-state index contributed by atoms with van der Waals surface area (Å²) in [4.78, 5) is 2.92. The summed E-state index contributed by atoms with van der Waals surface area (Å²) in [6.45, 7) is 7.74. The van der Waals surface area contributed by atoms with E-state index in [0.29, 0.717) is 37.7 Å². The van der Waals surface area contributed by atoms with Gasteiger partial charge in [-0.1, -0.05) is 13.0 Å². The van der Waals surface area contributed by atoms with Crippen LogP contribution < -0.4 is 10.1 Å². The molecule has 1 aromatic rings. The molecule has 7 heteroatoms. The summed E-state index contributed by atoms with van der Waals surface area (Å²) < 4.78 is 30.1. The van der Waals surface area contributed by atoms with E-state index in [1.807, 2.05) is 19.9 Å². The molecule has 0 aliphatic carbocycles. The lowest BCUT2D eigenvalue weighted by Crippen LogP contribution is -2.48. The first-order valence-electron chi connectivity index (χ1n) is 7.18. The molecule has 1 aliphatic rings. The van der Waals surface area contributed by atoms with Crippen molar-refractivity contribution >= 4 is 10.0 Å². The summed E-state index contributed by atoms with van der Waals surface area (Å²) in [5.41, 5.74) is 2.09. The van der Waals surface area contributed by atoms with Crippen LogP contribution in [0.1, 0.15) is 18.1 Å². The monoisotopic (exact) mass is 313 g/mol. The average Bonchev–Trinajstić information content (AvgIpc) is 2.47. The molecule has 0 saturated carbocycles. The van der Waals surface area contributed by atoms with Crippen LogP contribution in [-0.4, -0.2) is 46.3 Å². The number of benzene rings is 1. The van der Waals surface area contributed by atoms with E-state index in [9.17, 15) is 8.42 Å². The highest BCUT2D eigenvalue weighted by atomic mass is 32.2. The second-order valence-electron chi connectivity index (χ2n) is 5.06. The molecule has 1 fully saturated rings. The van der Waals surface area contributed by atoms with Crippen LogP contribution in [0.4, 0.5) is 0 Å². The topological polar surface area (TPSA) is 70.7 Å². The van der Waals surface area contributed by atoms with Crippen LogP contribution in [0.5, 0.6) is 0 Å². The zero-order valence-electron chi connectivity index (χ0n) is 12.6. The summed E-state index contributed by atoms with van der Waals surface area (Å²) in [6, 6.07) is 5.23. The van der Waals surface area contributed by atoms with Gasteiger partial charge in [0.05, 0.1) is 18.1 Å². The molecule has 0 spiro atoms. The number of aryl methyl sites for hydroxylation is 1. The standard InChI is InChI=1S/C14H23N3O3S/c1-3-15-11-13-10-14(5-4-12(13)2)21(18,19)16-17-6-8-20-9-7-17/h4-5,10,15-16H,3,6-9,11H2,1-2H3. The molecule has 21 heavy (non-hydrogen) atoms. The summed E-state index contributed by atoms with van der Waals surface area (Å²) in [7, 11) is -3.53. The molecule has 1 saturated heterocycles. The fraction of sp³-hybridized carbons (Fsp3) is 0.571. The molecule has 1 aromatic carbocycles. The number of ether oxygens (including phenoxy) is 1. The van der Waals surface area contributed by atoms with Gasteiger partial charge in [-0.15, -0.1) is 4.83 Å². The largest absolute Gasteiger partial charge is 0.379 e. The molecule has 0 radical (unpaired) electrons. The predicted octanol–water partition coefficient (Wildman–Crippen LogP) is 0.630. The van der Waals surface area contributed by atoms with Crippen LogP contribution in [0.3, 0.4) is 0 Å². The third-order valence-electron chi connectivity index (χ3n) is 3.46. The maximum Gasteiger partial charge on any atom is 0.253 e.